The lowest BCUT2D eigenvalue weighted by Gasteiger charge is -2.05. The van der Waals surface area contributed by atoms with Crippen molar-refractivity contribution in [3.63, 3.8) is 0 Å². The van der Waals surface area contributed by atoms with Crippen LogP contribution in [0, 0.1) is 0 Å². The number of halogens is 4. The van der Waals surface area contributed by atoms with Crippen molar-refractivity contribution >= 4 is 40.6 Å². The average Bonchev–Trinajstić information content (AvgIpc) is 2.88. The summed E-state index contributed by atoms with van der Waals surface area (Å²) in [6, 6.07) is 21.9. The summed E-state index contributed by atoms with van der Waals surface area (Å²) in [4.78, 5) is 10.7. The number of phenolic OH excluding ortho intramolecular Hbond substituents is 2. The van der Waals surface area contributed by atoms with Gasteiger partial charge >= 0.3 is 6.18 Å². The van der Waals surface area contributed by atoms with Gasteiger partial charge in [-0.2, -0.15) is 33.6 Å². The smallest absolute Gasteiger partial charge is 0.416 e. The Morgan fingerprint density at radius 1 is 0.676 bits per heavy atom. The Bertz CT molecular complexity index is 1430. The molecule has 2 N–H and O–H groups in total. The summed E-state index contributed by atoms with van der Waals surface area (Å²) in [7, 11) is 0. The lowest BCUT2D eigenvalue weighted by atomic mass is 10.2. The van der Waals surface area contributed by atoms with Gasteiger partial charge in [-0.3, -0.25) is 4.79 Å². The van der Waals surface area contributed by atoms with Gasteiger partial charge in [0.05, 0.1) is 33.9 Å². The van der Waals surface area contributed by atoms with Crippen LogP contribution in [-0.4, -0.2) is 16.5 Å². The normalized spacial score (nSPS) is 11.4. The fourth-order valence-electron chi connectivity index (χ4n) is 2.73. The number of carbonyl (C=O) groups is 1. The third-order valence-corrected chi connectivity index (χ3v) is 4.77. The van der Waals surface area contributed by atoms with Gasteiger partial charge in [0.2, 0.25) is 0 Å². The number of alkyl halides is 3. The van der Waals surface area contributed by atoms with E-state index in [-0.39, 0.29) is 28.4 Å². The second-order valence-electron chi connectivity index (χ2n) is 7.31. The van der Waals surface area contributed by atoms with Crippen molar-refractivity contribution in [1.29, 1.82) is 0 Å². The standard InChI is InChI=1S/C14H9F3N2O2.C12H9ClN2O/c15-14(16,17)10-2-1-3-11(7-10)18-19-12-4-5-13(21)9(6-12)8-20;13-9-2-1-3-11(8-9)15-14-10-4-6-12(16)7-5-10/h1-8,21H;1-8,16H. The Balaban J connectivity index is 0.000000213. The van der Waals surface area contributed by atoms with Crippen LogP contribution >= 0.6 is 11.6 Å². The van der Waals surface area contributed by atoms with Gasteiger partial charge in [0.25, 0.3) is 0 Å². The number of nitrogens with zero attached hydrogens (tertiary/aromatic N) is 4. The van der Waals surface area contributed by atoms with Gasteiger partial charge in [0.1, 0.15) is 11.5 Å². The van der Waals surface area contributed by atoms with Crippen molar-refractivity contribution in [3.8, 4) is 11.5 Å². The Hall–Kier alpha value is -4.57. The lowest BCUT2D eigenvalue weighted by molar-refractivity contribution is -0.137. The fourth-order valence-corrected chi connectivity index (χ4v) is 2.92. The van der Waals surface area contributed by atoms with E-state index in [0.29, 0.717) is 22.7 Å². The van der Waals surface area contributed by atoms with Crippen LogP contribution in [0.1, 0.15) is 15.9 Å². The summed E-state index contributed by atoms with van der Waals surface area (Å²) in [6.45, 7) is 0. The zero-order chi connectivity index (χ0) is 26.8. The summed E-state index contributed by atoms with van der Waals surface area (Å²) >= 11 is 5.81. The molecule has 0 radical (unpaired) electrons. The molecule has 4 aromatic carbocycles. The third-order valence-electron chi connectivity index (χ3n) is 4.53. The number of benzene rings is 4. The van der Waals surface area contributed by atoms with Gasteiger partial charge in [-0.25, -0.2) is 0 Å². The predicted octanol–water partition coefficient (Wildman–Crippen LogP) is 9.10. The second-order valence-corrected chi connectivity index (χ2v) is 7.74. The highest BCUT2D eigenvalue weighted by Crippen LogP contribution is 2.32. The first-order chi connectivity index (χ1) is 17.6. The highest BCUT2D eigenvalue weighted by Gasteiger charge is 2.30. The Labute approximate surface area is 214 Å². The molecule has 37 heavy (non-hydrogen) atoms. The predicted molar refractivity (Wildman–Crippen MR) is 133 cm³/mol. The molecule has 0 aliphatic heterocycles. The van der Waals surface area contributed by atoms with E-state index in [9.17, 15) is 23.1 Å². The average molecular weight is 527 g/mol. The molecule has 0 unspecified atom stereocenters. The number of hydrogen-bond donors (Lipinski definition) is 2. The van der Waals surface area contributed by atoms with Crippen molar-refractivity contribution in [2.75, 3.05) is 0 Å². The molecular weight excluding hydrogens is 509 g/mol. The van der Waals surface area contributed by atoms with E-state index < -0.39 is 11.7 Å². The van der Waals surface area contributed by atoms with Gasteiger partial charge in [-0.05, 0) is 78.9 Å². The highest BCUT2D eigenvalue weighted by atomic mass is 35.5. The molecule has 11 heteroatoms. The molecule has 0 amide bonds. The minimum absolute atomic E-state index is 0.0236. The van der Waals surface area contributed by atoms with Crippen molar-refractivity contribution < 1.29 is 28.2 Å². The molecule has 0 bridgehead atoms. The number of phenols is 2. The molecule has 0 heterocycles. The maximum atomic E-state index is 12.5. The maximum Gasteiger partial charge on any atom is 0.416 e. The number of aldehydes is 1. The Morgan fingerprint density at radius 3 is 1.81 bits per heavy atom. The molecule has 0 saturated carbocycles. The minimum atomic E-state index is -4.45. The van der Waals surface area contributed by atoms with Gasteiger partial charge in [0, 0.05) is 5.02 Å². The van der Waals surface area contributed by atoms with Crippen LogP contribution in [0.4, 0.5) is 35.9 Å². The molecule has 188 valence electrons. The SMILES string of the molecule is O=Cc1cc(N=Nc2cccc(C(F)(F)F)c2)ccc1O.Oc1ccc(N=Nc2cccc(Cl)c2)cc1. The van der Waals surface area contributed by atoms with E-state index in [1.54, 1.807) is 36.4 Å². The minimum Gasteiger partial charge on any atom is -0.508 e. The molecular formula is C26H18ClF3N4O3. The first-order valence-electron chi connectivity index (χ1n) is 10.5. The highest BCUT2D eigenvalue weighted by molar-refractivity contribution is 6.30. The van der Waals surface area contributed by atoms with E-state index in [1.165, 1.54) is 30.3 Å². The number of hydrogen-bond acceptors (Lipinski definition) is 7. The van der Waals surface area contributed by atoms with Crippen molar-refractivity contribution in [1.82, 2.24) is 0 Å². The summed E-state index contributed by atoms with van der Waals surface area (Å²) in [5.41, 5.74) is 0.852. The molecule has 4 aromatic rings. The zero-order valence-electron chi connectivity index (χ0n) is 18.8. The molecule has 0 fully saturated rings. The molecule has 0 aliphatic rings. The topological polar surface area (TPSA) is 107 Å². The number of carbonyl (C=O) groups excluding carboxylic acids is 1. The van der Waals surface area contributed by atoms with Crippen LogP contribution in [0.5, 0.6) is 11.5 Å². The van der Waals surface area contributed by atoms with E-state index in [1.807, 2.05) is 12.1 Å². The first-order valence-corrected chi connectivity index (χ1v) is 10.9. The molecule has 0 aromatic heterocycles. The summed E-state index contributed by atoms with van der Waals surface area (Å²) in [5.74, 6) is 0.00437. The zero-order valence-corrected chi connectivity index (χ0v) is 19.6. The van der Waals surface area contributed by atoms with E-state index in [4.69, 9.17) is 16.7 Å². The fraction of sp³-hybridized carbons (Fsp3) is 0.0385. The molecule has 4 rings (SSSR count). The molecule has 0 saturated heterocycles. The molecule has 0 aliphatic carbocycles. The summed E-state index contributed by atoms with van der Waals surface area (Å²) < 4.78 is 37.6. The van der Waals surface area contributed by atoms with Gasteiger partial charge in [0.15, 0.2) is 6.29 Å². The largest absolute Gasteiger partial charge is 0.508 e. The van der Waals surface area contributed by atoms with E-state index in [0.717, 1.165) is 12.1 Å². The quantitative estimate of drug-likeness (QED) is 0.200. The Morgan fingerprint density at radius 2 is 1.22 bits per heavy atom. The van der Waals surface area contributed by atoms with E-state index >= 15 is 0 Å². The number of aromatic hydroxyl groups is 2. The summed E-state index contributed by atoms with van der Waals surface area (Å²) in [5, 5.41) is 34.5. The first kappa shape index (κ1) is 27.0. The number of rotatable bonds is 5. The van der Waals surface area contributed by atoms with Crippen molar-refractivity contribution in [2.24, 2.45) is 20.5 Å². The van der Waals surface area contributed by atoms with Gasteiger partial charge in [-0.1, -0.05) is 23.7 Å². The lowest BCUT2D eigenvalue weighted by Crippen LogP contribution is -2.03. The second kappa shape index (κ2) is 12.4. The van der Waals surface area contributed by atoms with Crippen LogP contribution in [-0.2, 0) is 6.18 Å². The monoisotopic (exact) mass is 526 g/mol. The molecule has 7 nitrogen and oxygen atoms in total. The maximum absolute atomic E-state index is 12.5. The van der Waals surface area contributed by atoms with Crippen molar-refractivity contribution in [3.05, 3.63) is 107 Å². The molecule has 0 atom stereocenters. The van der Waals surface area contributed by atoms with Crippen LogP contribution in [0.15, 0.2) is 111 Å². The Kier molecular flexibility index (Phi) is 9.06. The summed E-state index contributed by atoms with van der Waals surface area (Å²) in [6.07, 6.45) is -4.01. The number of azo groups is 2. The van der Waals surface area contributed by atoms with Crippen LogP contribution < -0.4 is 0 Å². The van der Waals surface area contributed by atoms with E-state index in [2.05, 4.69) is 20.5 Å². The molecule has 0 spiro atoms. The van der Waals surface area contributed by atoms with Gasteiger partial charge < -0.3 is 10.2 Å². The van der Waals surface area contributed by atoms with Crippen LogP contribution in [0.2, 0.25) is 5.02 Å². The van der Waals surface area contributed by atoms with Crippen LogP contribution in [0.25, 0.3) is 0 Å². The van der Waals surface area contributed by atoms with Crippen LogP contribution in [0.3, 0.4) is 0 Å². The van der Waals surface area contributed by atoms with Gasteiger partial charge in [-0.15, -0.1) is 0 Å². The van der Waals surface area contributed by atoms with Crippen molar-refractivity contribution in [2.45, 2.75) is 6.18 Å². The third kappa shape index (κ3) is 8.55.